The average molecular weight is 301 g/mol. The van der Waals surface area contributed by atoms with Crippen molar-refractivity contribution in [3.8, 4) is 5.75 Å². The van der Waals surface area contributed by atoms with Crippen LogP contribution in [0.3, 0.4) is 0 Å². The predicted molar refractivity (Wildman–Crippen MR) is 85.7 cm³/mol. The van der Waals surface area contributed by atoms with Gasteiger partial charge in [-0.25, -0.2) is 4.68 Å². The first-order chi connectivity index (χ1) is 10.7. The third-order valence-corrected chi connectivity index (χ3v) is 4.32. The first-order valence-corrected chi connectivity index (χ1v) is 7.71. The van der Waals surface area contributed by atoms with E-state index in [4.69, 9.17) is 10.5 Å². The number of likely N-dealkylation sites (tertiary alicyclic amines) is 1. The Kier molecular flexibility index (Phi) is 4.29. The summed E-state index contributed by atoms with van der Waals surface area (Å²) in [6.45, 7) is 2.11. The molecule has 2 heterocycles. The summed E-state index contributed by atoms with van der Waals surface area (Å²) in [7, 11) is 3.53. The maximum absolute atomic E-state index is 5.81. The molecule has 6 nitrogen and oxygen atoms in total. The minimum Gasteiger partial charge on any atom is -0.497 e. The molecular formula is C16H23N5O. The first-order valence-electron chi connectivity index (χ1n) is 7.71. The highest BCUT2D eigenvalue weighted by molar-refractivity contribution is 5.27. The molecule has 0 amide bonds. The zero-order chi connectivity index (χ0) is 15.5. The van der Waals surface area contributed by atoms with Crippen LogP contribution in [0.4, 0.5) is 5.95 Å². The molecule has 1 atom stereocenters. The highest BCUT2D eigenvalue weighted by atomic mass is 16.5. The summed E-state index contributed by atoms with van der Waals surface area (Å²) in [5.41, 5.74) is 7.12. The van der Waals surface area contributed by atoms with E-state index in [-0.39, 0.29) is 0 Å². The number of anilines is 1. The number of nitrogens with zero attached hydrogens (tertiary/aromatic N) is 4. The lowest BCUT2D eigenvalue weighted by Gasteiger charge is -2.22. The lowest BCUT2D eigenvalue weighted by Crippen LogP contribution is -2.26. The van der Waals surface area contributed by atoms with Crippen molar-refractivity contribution in [3.63, 3.8) is 0 Å². The molecule has 0 aliphatic carbocycles. The van der Waals surface area contributed by atoms with Gasteiger partial charge in [-0.15, -0.1) is 0 Å². The van der Waals surface area contributed by atoms with Crippen molar-refractivity contribution in [2.24, 2.45) is 7.05 Å². The quantitative estimate of drug-likeness (QED) is 0.911. The van der Waals surface area contributed by atoms with Crippen molar-refractivity contribution in [3.05, 3.63) is 35.7 Å². The van der Waals surface area contributed by atoms with Gasteiger partial charge in [0.2, 0.25) is 5.95 Å². The Bertz CT molecular complexity index is 602. The molecule has 22 heavy (non-hydrogen) atoms. The van der Waals surface area contributed by atoms with E-state index < -0.39 is 0 Å². The zero-order valence-electron chi connectivity index (χ0n) is 13.2. The second-order valence-electron chi connectivity index (χ2n) is 5.74. The van der Waals surface area contributed by atoms with E-state index in [0.717, 1.165) is 37.5 Å². The minimum atomic E-state index is 0.293. The number of aryl methyl sites for hydroxylation is 1. The number of ether oxygens (including phenoxy) is 1. The second-order valence-corrected chi connectivity index (χ2v) is 5.74. The molecule has 1 fully saturated rings. The van der Waals surface area contributed by atoms with Gasteiger partial charge in [-0.2, -0.15) is 10.1 Å². The van der Waals surface area contributed by atoms with Gasteiger partial charge in [0, 0.05) is 13.6 Å². The van der Waals surface area contributed by atoms with Crippen molar-refractivity contribution in [2.45, 2.75) is 25.3 Å². The fourth-order valence-corrected chi connectivity index (χ4v) is 3.01. The van der Waals surface area contributed by atoms with Crippen molar-refractivity contribution in [2.75, 3.05) is 25.9 Å². The van der Waals surface area contributed by atoms with E-state index in [0.29, 0.717) is 12.0 Å². The number of nitrogens with two attached hydrogens (primary N) is 1. The predicted octanol–water partition coefficient (Wildman–Crippen LogP) is 1.79. The number of nitrogen functional groups attached to an aromatic ring is 1. The first kappa shape index (κ1) is 14.8. The van der Waals surface area contributed by atoms with Gasteiger partial charge in [0.1, 0.15) is 5.75 Å². The van der Waals surface area contributed by atoms with Crippen LogP contribution in [0.5, 0.6) is 5.75 Å². The lowest BCUT2D eigenvalue weighted by molar-refractivity contribution is 0.251. The Labute approximate surface area is 130 Å². The normalized spacial score (nSPS) is 18.7. The Morgan fingerprint density at radius 3 is 2.73 bits per heavy atom. The molecule has 0 spiro atoms. The Morgan fingerprint density at radius 2 is 2.09 bits per heavy atom. The summed E-state index contributed by atoms with van der Waals surface area (Å²) in [6.07, 6.45) is 3.31. The van der Waals surface area contributed by atoms with Crippen LogP contribution in [0.1, 0.15) is 30.3 Å². The number of aromatic nitrogens is 3. The summed E-state index contributed by atoms with van der Waals surface area (Å²) in [5.74, 6) is 2.24. The topological polar surface area (TPSA) is 69.2 Å². The molecule has 1 unspecified atom stereocenters. The Balaban J connectivity index is 1.63. The summed E-state index contributed by atoms with van der Waals surface area (Å²) in [6, 6.07) is 8.57. The maximum atomic E-state index is 5.81. The second kappa shape index (κ2) is 6.36. The SMILES string of the molecule is COc1ccc(CCN2CCCC2c2nc(N)n(C)n2)cc1. The van der Waals surface area contributed by atoms with E-state index >= 15 is 0 Å². The van der Waals surface area contributed by atoms with Gasteiger partial charge in [-0.1, -0.05) is 12.1 Å². The van der Waals surface area contributed by atoms with Crippen molar-refractivity contribution < 1.29 is 4.74 Å². The van der Waals surface area contributed by atoms with Gasteiger partial charge in [-0.3, -0.25) is 4.90 Å². The third-order valence-electron chi connectivity index (χ3n) is 4.32. The minimum absolute atomic E-state index is 0.293. The van der Waals surface area contributed by atoms with Crippen molar-refractivity contribution in [1.29, 1.82) is 0 Å². The van der Waals surface area contributed by atoms with Crippen LogP contribution in [0.25, 0.3) is 0 Å². The van der Waals surface area contributed by atoms with Crippen LogP contribution in [-0.4, -0.2) is 39.9 Å². The van der Waals surface area contributed by atoms with Gasteiger partial charge in [-0.05, 0) is 43.5 Å². The summed E-state index contributed by atoms with van der Waals surface area (Å²) in [5, 5.41) is 4.44. The lowest BCUT2D eigenvalue weighted by atomic mass is 10.1. The fraction of sp³-hybridized carbons (Fsp3) is 0.500. The van der Waals surface area contributed by atoms with Gasteiger partial charge in [0.15, 0.2) is 5.82 Å². The summed E-state index contributed by atoms with van der Waals surface area (Å²) in [4.78, 5) is 6.85. The van der Waals surface area contributed by atoms with Crippen LogP contribution >= 0.6 is 0 Å². The molecule has 1 aromatic heterocycles. The monoisotopic (exact) mass is 301 g/mol. The fourth-order valence-electron chi connectivity index (χ4n) is 3.01. The number of rotatable bonds is 5. The maximum Gasteiger partial charge on any atom is 0.218 e. The highest BCUT2D eigenvalue weighted by Crippen LogP contribution is 2.30. The largest absolute Gasteiger partial charge is 0.497 e. The molecular weight excluding hydrogens is 278 g/mol. The number of methoxy groups -OCH3 is 1. The van der Waals surface area contributed by atoms with E-state index in [1.807, 2.05) is 19.2 Å². The molecule has 1 aliphatic heterocycles. The molecule has 0 radical (unpaired) electrons. The third kappa shape index (κ3) is 3.06. The zero-order valence-corrected chi connectivity index (χ0v) is 13.2. The number of hydrogen-bond acceptors (Lipinski definition) is 5. The average Bonchev–Trinajstić information content (AvgIpc) is 3.13. The summed E-state index contributed by atoms with van der Waals surface area (Å²) < 4.78 is 6.84. The van der Waals surface area contributed by atoms with Gasteiger partial charge >= 0.3 is 0 Å². The molecule has 1 saturated heterocycles. The smallest absolute Gasteiger partial charge is 0.218 e. The van der Waals surface area contributed by atoms with E-state index in [2.05, 4.69) is 27.1 Å². The molecule has 0 bridgehead atoms. The van der Waals surface area contributed by atoms with Crippen LogP contribution in [-0.2, 0) is 13.5 Å². The van der Waals surface area contributed by atoms with Crippen LogP contribution in [0.15, 0.2) is 24.3 Å². The molecule has 2 N–H and O–H groups in total. The standard InChI is InChI=1S/C16H23N5O/c1-20-16(17)18-15(19-20)14-4-3-10-21(14)11-9-12-5-7-13(22-2)8-6-12/h5-8,14H,3-4,9-11H2,1-2H3,(H2,17,18,19). The highest BCUT2D eigenvalue weighted by Gasteiger charge is 2.29. The number of hydrogen-bond donors (Lipinski definition) is 1. The molecule has 118 valence electrons. The molecule has 2 aromatic rings. The molecule has 3 rings (SSSR count). The van der Waals surface area contributed by atoms with Crippen molar-refractivity contribution in [1.82, 2.24) is 19.7 Å². The number of benzene rings is 1. The van der Waals surface area contributed by atoms with Gasteiger partial charge in [0.05, 0.1) is 13.2 Å². The van der Waals surface area contributed by atoms with E-state index in [9.17, 15) is 0 Å². The van der Waals surface area contributed by atoms with Crippen LogP contribution in [0, 0.1) is 0 Å². The van der Waals surface area contributed by atoms with Gasteiger partial charge < -0.3 is 10.5 Å². The van der Waals surface area contributed by atoms with E-state index in [1.54, 1.807) is 11.8 Å². The van der Waals surface area contributed by atoms with Crippen LogP contribution in [0.2, 0.25) is 0 Å². The summed E-state index contributed by atoms with van der Waals surface area (Å²) >= 11 is 0. The molecule has 1 aromatic carbocycles. The van der Waals surface area contributed by atoms with E-state index in [1.165, 1.54) is 12.0 Å². The Morgan fingerprint density at radius 1 is 1.32 bits per heavy atom. The molecule has 1 aliphatic rings. The van der Waals surface area contributed by atoms with Crippen molar-refractivity contribution >= 4 is 5.95 Å². The molecule has 0 saturated carbocycles. The van der Waals surface area contributed by atoms with Gasteiger partial charge in [0.25, 0.3) is 0 Å². The molecule has 6 heteroatoms. The Hall–Kier alpha value is -2.08. The van der Waals surface area contributed by atoms with Crippen LogP contribution < -0.4 is 10.5 Å².